The third-order valence-corrected chi connectivity index (χ3v) is 1.29. The first-order valence-electron chi connectivity index (χ1n) is 2.29. The molecule has 0 aromatic rings. The van der Waals surface area contributed by atoms with Crippen molar-refractivity contribution < 1.29 is 23.2 Å². The Morgan fingerprint density at radius 1 is 1.67 bits per heavy atom. The molecular formula is C3H8FO4P. The van der Waals surface area contributed by atoms with Gasteiger partial charge in [0.25, 0.3) is 0 Å². The Morgan fingerprint density at radius 3 is 2.22 bits per heavy atom. The van der Waals surface area contributed by atoms with Crippen molar-refractivity contribution in [1.82, 2.24) is 0 Å². The molecule has 56 valence electrons. The highest BCUT2D eigenvalue weighted by Crippen LogP contribution is 2.44. The molecule has 0 saturated carbocycles. The van der Waals surface area contributed by atoms with Crippen molar-refractivity contribution >= 4 is 7.82 Å². The molecule has 9 heavy (non-hydrogen) atoms. The van der Waals surface area contributed by atoms with Gasteiger partial charge in [0, 0.05) is 0 Å². The van der Waals surface area contributed by atoms with Gasteiger partial charge in [0.05, 0.1) is 6.10 Å². The Hall–Kier alpha value is 0.0400. The lowest BCUT2D eigenvalue weighted by Crippen LogP contribution is -1.99. The van der Waals surface area contributed by atoms with Gasteiger partial charge in [0.15, 0.2) is 0 Å². The highest BCUT2D eigenvalue weighted by atomic mass is 31.2. The van der Waals surface area contributed by atoms with Crippen LogP contribution in [0.2, 0.25) is 0 Å². The Labute approximate surface area is 52.1 Å². The van der Waals surface area contributed by atoms with Gasteiger partial charge in [-0.25, -0.2) is 4.57 Å². The lowest BCUT2D eigenvalue weighted by atomic mass is 10.5. The fraction of sp³-hybridized carbons (Fsp3) is 1.00. The fourth-order valence-electron chi connectivity index (χ4n) is 0.283. The van der Waals surface area contributed by atoms with Gasteiger partial charge in [-0.2, -0.15) is 0 Å². The van der Waals surface area contributed by atoms with Crippen molar-refractivity contribution in [3.8, 4) is 0 Å². The molecule has 0 fully saturated rings. The van der Waals surface area contributed by atoms with Gasteiger partial charge in [0.2, 0.25) is 0 Å². The van der Waals surface area contributed by atoms with Crippen LogP contribution in [0.3, 0.4) is 0 Å². The Kier molecular flexibility index (Phi) is 3.28. The van der Waals surface area contributed by atoms with E-state index in [2.05, 4.69) is 9.25 Å². The molecule has 1 N–H and O–H groups in total. The number of hydrogen-bond donors (Lipinski definition) is 1. The van der Waals surface area contributed by atoms with Crippen LogP contribution in [0.1, 0.15) is 13.8 Å². The van der Waals surface area contributed by atoms with Crippen molar-refractivity contribution in [1.29, 1.82) is 0 Å². The zero-order chi connectivity index (χ0) is 7.49. The molecule has 0 saturated heterocycles. The van der Waals surface area contributed by atoms with Crippen LogP contribution < -0.4 is 0 Å². The topological polar surface area (TPSA) is 55.8 Å². The molecule has 0 aliphatic heterocycles. The highest BCUT2D eigenvalue weighted by molar-refractivity contribution is 7.47. The third kappa shape index (κ3) is 4.54. The Balaban J connectivity index is 3.73. The predicted molar refractivity (Wildman–Crippen MR) is 28.2 cm³/mol. The SMILES string of the molecule is CC(C)OP(=O)(O)OF. The van der Waals surface area contributed by atoms with Gasteiger partial charge in [-0.15, -0.1) is 0 Å². The second kappa shape index (κ2) is 3.27. The summed E-state index contributed by atoms with van der Waals surface area (Å²) in [5.74, 6) is 0. The molecule has 0 aromatic carbocycles. The summed E-state index contributed by atoms with van der Waals surface area (Å²) in [5, 5.41) is 0. The molecule has 4 nitrogen and oxygen atoms in total. The van der Waals surface area contributed by atoms with Crippen LogP contribution in [0.4, 0.5) is 4.53 Å². The molecule has 1 unspecified atom stereocenters. The van der Waals surface area contributed by atoms with Gasteiger partial charge < -0.3 is 4.89 Å². The first-order valence-corrected chi connectivity index (χ1v) is 3.79. The first kappa shape index (κ1) is 9.04. The van der Waals surface area contributed by atoms with Crippen molar-refractivity contribution in [2.75, 3.05) is 0 Å². The number of rotatable bonds is 3. The number of hydrogen-bond acceptors (Lipinski definition) is 3. The third-order valence-electron chi connectivity index (χ3n) is 0.431. The van der Waals surface area contributed by atoms with Gasteiger partial charge in [0.1, 0.15) is 0 Å². The zero-order valence-corrected chi connectivity index (χ0v) is 5.97. The van der Waals surface area contributed by atoms with E-state index < -0.39 is 13.9 Å². The highest BCUT2D eigenvalue weighted by Gasteiger charge is 2.23. The van der Waals surface area contributed by atoms with E-state index in [1.54, 1.807) is 0 Å². The lowest BCUT2D eigenvalue weighted by molar-refractivity contribution is -0.0531. The average molecular weight is 158 g/mol. The van der Waals surface area contributed by atoms with Gasteiger partial charge in [-0.3, -0.25) is 4.52 Å². The molecule has 0 bridgehead atoms. The Bertz CT molecular complexity index is 125. The zero-order valence-electron chi connectivity index (χ0n) is 5.07. The van der Waals surface area contributed by atoms with E-state index in [-0.39, 0.29) is 0 Å². The summed E-state index contributed by atoms with van der Waals surface area (Å²) in [6, 6.07) is 0. The predicted octanol–water partition coefficient (Wildman–Crippen LogP) is 1.41. The maximum Gasteiger partial charge on any atom is 0.503 e. The molecule has 0 radical (unpaired) electrons. The van der Waals surface area contributed by atoms with Crippen molar-refractivity contribution in [3.05, 3.63) is 0 Å². The van der Waals surface area contributed by atoms with Crippen LogP contribution in [-0.2, 0) is 13.8 Å². The standard InChI is InChI=1S/C3H8FO4P/c1-3(2)7-9(5,6)8-4/h3H,1-2H3,(H,5,6). The summed E-state index contributed by atoms with van der Waals surface area (Å²) in [4.78, 5) is 8.23. The quantitative estimate of drug-likeness (QED) is 0.631. The summed E-state index contributed by atoms with van der Waals surface area (Å²) in [5.41, 5.74) is 0. The summed E-state index contributed by atoms with van der Waals surface area (Å²) in [7, 11) is -4.40. The molecule has 1 atom stereocenters. The van der Waals surface area contributed by atoms with E-state index in [0.29, 0.717) is 0 Å². The second-order valence-electron chi connectivity index (χ2n) is 1.69. The molecule has 0 aromatic heterocycles. The minimum atomic E-state index is -4.40. The molecule has 0 rings (SSSR count). The van der Waals surface area contributed by atoms with Crippen LogP contribution in [0.5, 0.6) is 0 Å². The maximum atomic E-state index is 11.0. The van der Waals surface area contributed by atoms with Crippen molar-refractivity contribution in [3.63, 3.8) is 0 Å². The molecule has 0 aliphatic carbocycles. The molecule has 0 aliphatic rings. The molecule has 0 heterocycles. The number of halogens is 1. The van der Waals surface area contributed by atoms with E-state index in [0.717, 1.165) is 0 Å². The van der Waals surface area contributed by atoms with E-state index in [4.69, 9.17) is 4.89 Å². The van der Waals surface area contributed by atoms with E-state index in [9.17, 15) is 9.09 Å². The first-order chi connectivity index (χ1) is 3.98. The van der Waals surface area contributed by atoms with Crippen LogP contribution >= 0.6 is 7.82 Å². The monoisotopic (exact) mass is 158 g/mol. The van der Waals surface area contributed by atoms with Crippen LogP contribution in [0, 0.1) is 0 Å². The van der Waals surface area contributed by atoms with E-state index >= 15 is 0 Å². The van der Waals surface area contributed by atoms with Gasteiger partial charge >= 0.3 is 7.82 Å². The number of phosphoric acid groups is 1. The fourth-order valence-corrected chi connectivity index (χ4v) is 0.848. The van der Waals surface area contributed by atoms with Crippen LogP contribution in [-0.4, -0.2) is 11.0 Å². The largest absolute Gasteiger partial charge is 0.503 e. The van der Waals surface area contributed by atoms with Crippen molar-refractivity contribution in [2.45, 2.75) is 20.0 Å². The molecule has 0 spiro atoms. The molecular weight excluding hydrogens is 150 g/mol. The summed E-state index contributed by atoms with van der Waals surface area (Å²) < 4.78 is 27.9. The summed E-state index contributed by atoms with van der Waals surface area (Å²) in [6.45, 7) is 2.98. The van der Waals surface area contributed by atoms with Crippen LogP contribution in [0.25, 0.3) is 0 Å². The molecule has 6 heteroatoms. The smallest absolute Gasteiger partial charge is 0.301 e. The number of phosphoric ester groups is 1. The molecule has 0 amide bonds. The summed E-state index contributed by atoms with van der Waals surface area (Å²) >= 11 is 0. The summed E-state index contributed by atoms with van der Waals surface area (Å²) in [6.07, 6.45) is -0.531. The average Bonchev–Trinajstić information content (AvgIpc) is 1.63. The second-order valence-corrected chi connectivity index (χ2v) is 2.98. The maximum absolute atomic E-state index is 11.0. The lowest BCUT2D eigenvalue weighted by Gasteiger charge is -2.07. The van der Waals surface area contributed by atoms with Crippen LogP contribution in [0.15, 0.2) is 0 Å². The van der Waals surface area contributed by atoms with Crippen molar-refractivity contribution in [2.24, 2.45) is 0 Å². The van der Waals surface area contributed by atoms with E-state index in [1.165, 1.54) is 13.8 Å². The normalized spacial score (nSPS) is 17.9. The van der Waals surface area contributed by atoms with Gasteiger partial charge in [-0.05, 0) is 18.4 Å². The minimum absolute atomic E-state index is 0.531. The van der Waals surface area contributed by atoms with Gasteiger partial charge in [-0.1, -0.05) is 4.73 Å². The van der Waals surface area contributed by atoms with E-state index in [1.807, 2.05) is 0 Å². The Morgan fingerprint density at radius 2 is 2.11 bits per heavy atom. The minimum Gasteiger partial charge on any atom is -0.301 e.